The van der Waals surface area contributed by atoms with Gasteiger partial charge in [-0.25, -0.2) is 14.4 Å². The lowest BCUT2D eigenvalue weighted by Crippen LogP contribution is -2.26. The fourth-order valence-corrected chi connectivity index (χ4v) is 3.78. The maximum atomic E-state index is 14.4. The van der Waals surface area contributed by atoms with Crippen LogP contribution in [-0.2, 0) is 0 Å². The Morgan fingerprint density at radius 2 is 1.97 bits per heavy atom. The standard InChI is InChI=1S/C23H21ClFN5O/c24-14-4-7-19(25)16(10-14)21-27-12-17(13-2-1-3-13)22(30-21)29-20-8-9-26-11-18(20)23(31)28-15-5-6-15/h4,7-13,15H,1-3,5-6H2,(H,28,31)(H,26,27,29,30). The first-order chi connectivity index (χ1) is 15.1. The number of hydrogen-bond acceptors (Lipinski definition) is 5. The molecule has 2 aromatic heterocycles. The summed E-state index contributed by atoms with van der Waals surface area (Å²) in [5.74, 6) is 0.536. The average Bonchev–Trinajstić information content (AvgIpc) is 3.54. The molecule has 0 saturated heterocycles. The third-order valence-electron chi connectivity index (χ3n) is 5.76. The molecule has 2 aliphatic rings. The number of hydrogen-bond donors (Lipinski definition) is 2. The molecule has 158 valence electrons. The highest BCUT2D eigenvalue weighted by atomic mass is 35.5. The number of amides is 1. The molecule has 1 amide bonds. The SMILES string of the molecule is O=C(NC1CC1)c1cnccc1Nc1nc(-c2cc(Cl)ccc2F)ncc1C1CCC1. The predicted octanol–water partition coefficient (Wildman–Crippen LogP) is 5.23. The van der Waals surface area contributed by atoms with Crippen LogP contribution in [0.2, 0.25) is 5.02 Å². The van der Waals surface area contributed by atoms with Crippen molar-refractivity contribution in [3.8, 4) is 11.4 Å². The maximum Gasteiger partial charge on any atom is 0.255 e. The van der Waals surface area contributed by atoms with Gasteiger partial charge in [-0.1, -0.05) is 18.0 Å². The van der Waals surface area contributed by atoms with Gasteiger partial charge in [0, 0.05) is 35.2 Å². The van der Waals surface area contributed by atoms with Crippen molar-refractivity contribution in [1.29, 1.82) is 0 Å². The Balaban J connectivity index is 1.53. The van der Waals surface area contributed by atoms with Gasteiger partial charge >= 0.3 is 0 Å². The van der Waals surface area contributed by atoms with Crippen molar-refractivity contribution in [3.63, 3.8) is 0 Å². The minimum absolute atomic E-state index is 0.168. The zero-order chi connectivity index (χ0) is 21.4. The Morgan fingerprint density at radius 1 is 1.13 bits per heavy atom. The van der Waals surface area contributed by atoms with Crippen LogP contribution in [0.3, 0.4) is 0 Å². The molecule has 8 heteroatoms. The molecule has 31 heavy (non-hydrogen) atoms. The number of anilines is 2. The Hall–Kier alpha value is -3.06. The number of aromatic nitrogens is 3. The number of benzene rings is 1. The Bertz CT molecular complexity index is 1150. The minimum atomic E-state index is -0.444. The molecule has 0 atom stereocenters. The largest absolute Gasteiger partial charge is 0.349 e. The number of rotatable bonds is 6. The van der Waals surface area contributed by atoms with Crippen LogP contribution in [0, 0.1) is 5.82 Å². The van der Waals surface area contributed by atoms with Crippen molar-refractivity contribution in [2.75, 3.05) is 5.32 Å². The van der Waals surface area contributed by atoms with E-state index in [1.165, 1.54) is 18.2 Å². The highest BCUT2D eigenvalue weighted by Gasteiger charge is 2.27. The lowest BCUT2D eigenvalue weighted by molar-refractivity contribution is 0.0951. The van der Waals surface area contributed by atoms with Crippen molar-refractivity contribution in [2.45, 2.75) is 44.1 Å². The van der Waals surface area contributed by atoms with E-state index < -0.39 is 5.82 Å². The molecule has 6 nitrogen and oxygen atoms in total. The highest BCUT2D eigenvalue weighted by Crippen LogP contribution is 2.40. The predicted molar refractivity (Wildman–Crippen MR) is 117 cm³/mol. The van der Waals surface area contributed by atoms with Gasteiger partial charge in [-0.15, -0.1) is 0 Å². The van der Waals surface area contributed by atoms with Crippen molar-refractivity contribution in [1.82, 2.24) is 20.3 Å². The maximum absolute atomic E-state index is 14.4. The van der Waals surface area contributed by atoms with Crippen LogP contribution < -0.4 is 10.6 Å². The number of carbonyl (C=O) groups is 1. The smallest absolute Gasteiger partial charge is 0.255 e. The average molecular weight is 438 g/mol. The summed E-state index contributed by atoms with van der Waals surface area (Å²) >= 11 is 6.06. The molecule has 0 unspecified atom stereocenters. The van der Waals surface area contributed by atoms with Gasteiger partial charge in [-0.2, -0.15) is 0 Å². The molecule has 0 spiro atoms. The first-order valence-electron chi connectivity index (χ1n) is 10.4. The van der Waals surface area contributed by atoms with Crippen LogP contribution in [0.25, 0.3) is 11.4 Å². The van der Waals surface area contributed by atoms with Gasteiger partial charge in [-0.05, 0) is 55.9 Å². The van der Waals surface area contributed by atoms with Gasteiger partial charge in [0.1, 0.15) is 11.6 Å². The van der Waals surface area contributed by atoms with E-state index in [2.05, 4.69) is 25.6 Å². The number of carbonyl (C=O) groups excluding carboxylic acids is 1. The molecule has 1 aromatic carbocycles. The Kier molecular flexibility index (Phi) is 5.28. The number of pyridine rings is 1. The zero-order valence-electron chi connectivity index (χ0n) is 16.7. The second kappa shape index (κ2) is 8.23. The molecule has 2 aliphatic carbocycles. The minimum Gasteiger partial charge on any atom is -0.349 e. The molecule has 5 rings (SSSR count). The van der Waals surface area contributed by atoms with E-state index in [1.807, 2.05) is 0 Å². The summed E-state index contributed by atoms with van der Waals surface area (Å²) in [5.41, 5.74) is 2.24. The van der Waals surface area contributed by atoms with Crippen molar-refractivity contribution < 1.29 is 9.18 Å². The number of halogens is 2. The van der Waals surface area contributed by atoms with Crippen LogP contribution in [0.4, 0.5) is 15.9 Å². The van der Waals surface area contributed by atoms with Crippen molar-refractivity contribution >= 4 is 29.0 Å². The van der Waals surface area contributed by atoms with E-state index in [-0.39, 0.29) is 23.3 Å². The third-order valence-corrected chi connectivity index (χ3v) is 6.00. The molecular weight excluding hydrogens is 417 g/mol. The first-order valence-corrected chi connectivity index (χ1v) is 10.8. The van der Waals surface area contributed by atoms with E-state index in [1.54, 1.807) is 24.7 Å². The number of nitrogens with zero attached hydrogens (tertiary/aromatic N) is 3. The number of nitrogens with one attached hydrogen (secondary N) is 2. The molecule has 0 radical (unpaired) electrons. The van der Waals surface area contributed by atoms with Gasteiger partial charge in [-0.3, -0.25) is 9.78 Å². The quantitative estimate of drug-likeness (QED) is 0.551. The molecule has 0 bridgehead atoms. The summed E-state index contributed by atoms with van der Waals surface area (Å²) in [7, 11) is 0. The zero-order valence-corrected chi connectivity index (χ0v) is 17.5. The van der Waals surface area contributed by atoms with Gasteiger partial charge in [0.2, 0.25) is 0 Å². The lowest BCUT2D eigenvalue weighted by atomic mass is 9.80. The summed E-state index contributed by atoms with van der Waals surface area (Å²) in [6.07, 6.45) is 10.2. The summed E-state index contributed by atoms with van der Waals surface area (Å²) in [6.45, 7) is 0. The van der Waals surface area contributed by atoms with E-state index >= 15 is 0 Å². The fourth-order valence-electron chi connectivity index (χ4n) is 3.61. The van der Waals surface area contributed by atoms with Crippen molar-refractivity contribution in [3.05, 3.63) is 64.8 Å². The van der Waals surface area contributed by atoms with Gasteiger partial charge in [0.05, 0.1) is 16.8 Å². The molecule has 2 N–H and O–H groups in total. The molecule has 2 saturated carbocycles. The Morgan fingerprint density at radius 3 is 2.71 bits per heavy atom. The normalized spacial score (nSPS) is 15.9. The first kappa shape index (κ1) is 19.9. The fraction of sp³-hybridized carbons (Fsp3) is 0.304. The van der Waals surface area contributed by atoms with E-state index in [4.69, 9.17) is 11.6 Å². The highest BCUT2D eigenvalue weighted by molar-refractivity contribution is 6.30. The van der Waals surface area contributed by atoms with Crippen LogP contribution in [-0.4, -0.2) is 26.9 Å². The topological polar surface area (TPSA) is 79.8 Å². The molecule has 2 fully saturated rings. The second-order valence-corrected chi connectivity index (χ2v) is 8.48. The second-order valence-electron chi connectivity index (χ2n) is 8.04. The van der Waals surface area contributed by atoms with Crippen LogP contribution in [0.1, 0.15) is 53.9 Å². The van der Waals surface area contributed by atoms with Crippen LogP contribution in [0.5, 0.6) is 0 Å². The summed E-state index contributed by atoms with van der Waals surface area (Å²) < 4.78 is 14.4. The van der Waals surface area contributed by atoms with Gasteiger partial charge < -0.3 is 10.6 Å². The van der Waals surface area contributed by atoms with Gasteiger partial charge in [0.15, 0.2) is 5.82 Å². The van der Waals surface area contributed by atoms with Crippen LogP contribution >= 0.6 is 11.6 Å². The molecule has 2 heterocycles. The van der Waals surface area contributed by atoms with E-state index in [9.17, 15) is 9.18 Å². The van der Waals surface area contributed by atoms with Gasteiger partial charge in [0.25, 0.3) is 5.91 Å². The molecular formula is C23H21ClFN5O. The summed E-state index contributed by atoms with van der Waals surface area (Å²) in [6, 6.07) is 6.29. The van der Waals surface area contributed by atoms with E-state index in [0.717, 1.165) is 37.7 Å². The summed E-state index contributed by atoms with van der Waals surface area (Å²) in [5, 5.41) is 6.70. The van der Waals surface area contributed by atoms with E-state index in [0.29, 0.717) is 28.0 Å². The van der Waals surface area contributed by atoms with Crippen molar-refractivity contribution in [2.24, 2.45) is 0 Å². The lowest BCUT2D eigenvalue weighted by Gasteiger charge is -2.27. The monoisotopic (exact) mass is 437 g/mol. The summed E-state index contributed by atoms with van der Waals surface area (Å²) in [4.78, 5) is 25.8. The molecule has 0 aliphatic heterocycles. The molecule has 3 aromatic rings. The Labute approximate surface area is 184 Å². The third kappa shape index (κ3) is 4.23. The van der Waals surface area contributed by atoms with Crippen LogP contribution in [0.15, 0.2) is 42.9 Å².